The van der Waals surface area contributed by atoms with Gasteiger partial charge in [-0.25, -0.2) is 0 Å². The Balaban J connectivity index is 1.83. The molecule has 0 heterocycles. The van der Waals surface area contributed by atoms with E-state index in [0.717, 1.165) is 17.8 Å². The molecule has 64 valence electrons. The summed E-state index contributed by atoms with van der Waals surface area (Å²) in [6, 6.07) is 0. The van der Waals surface area contributed by atoms with Crippen molar-refractivity contribution in [3.8, 4) is 0 Å². The van der Waals surface area contributed by atoms with Crippen molar-refractivity contribution in [3.05, 3.63) is 0 Å². The van der Waals surface area contributed by atoms with Crippen molar-refractivity contribution in [3.63, 3.8) is 0 Å². The zero-order valence-corrected chi connectivity index (χ0v) is 8.65. The maximum Gasteiger partial charge on any atom is 0.00649 e. The van der Waals surface area contributed by atoms with Crippen molar-refractivity contribution in [2.75, 3.05) is 5.33 Å². The predicted molar refractivity (Wildman–Crippen MR) is 52.0 cm³/mol. The molecule has 0 spiro atoms. The van der Waals surface area contributed by atoms with E-state index >= 15 is 0 Å². The molecule has 0 aromatic rings. The average molecular weight is 217 g/mol. The molecule has 2 saturated carbocycles. The Labute approximate surface area is 77.9 Å². The van der Waals surface area contributed by atoms with Crippen LogP contribution in [-0.4, -0.2) is 5.33 Å². The monoisotopic (exact) mass is 216 g/mol. The van der Waals surface area contributed by atoms with Gasteiger partial charge >= 0.3 is 0 Å². The topological polar surface area (TPSA) is 0 Å². The molecule has 0 saturated heterocycles. The summed E-state index contributed by atoms with van der Waals surface area (Å²) in [7, 11) is 0. The first-order valence-electron chi connectivity index (χ1n) is 4.98. The molecule has 2 fully saturated rings. The summed E-state index contributed by atoms with van der Waals surface area (Å²) >= 11 is 3.67. The molecule has 11 heavy (non-hydrogen) atoms. The lowest BCUT2D eigenvalue weighted by Gasteiger charge is -2.41. The van der Waals surface area contributed by atoms with Crippen LogP contribution in [0.15, 0.2) is 0 Å². The molecule has 0 aliphatic heterocycles. The summed E-state index contributed by atoms with van der Waals surface area (Å²) in [5, 5.41) is 1.27. The maximum atomic E-state index is 3.67. The van der Waals surface area contributed by atoms with E-state index in [0.29, 0.717) is 0 Å². The van der Waals surface area contributed by atoms with Gasteiger partial charge in [0.25, 0.3) is 0 Å². The minimum Gasteiger partial charge on any atom is -0.0925 e. The lowest BCUT2D eigenvalue weighted by molar-refractivity contribution is 0.112. The summed E-state index contributed by atoms with van der Waals surface area (Å²) in [5.74, 6) is 3.23. The van der Waals surface area contributed by atoms with E-state index < -0.39 is 0 Å². The van der Waals surface area contributed by atoms with Crippen molar-refractivity contribution in [1.29, 1.82) is 0 Å². The normalized spacial score (nSPS) is 26.7. The van der Waals surface area contributed by atoms with Gasteiger partial charge in [0.2, 0.25) is 0 Å². The Hall–Kier alpha value is 0.480. The highest BCUT2D eigenvalue weighted by Gasteiger charge is 2.34. The van der Waals surface area contributed by atoms with Crippen molar-refractivity contribution < 1.29 is 0 Å². The Morgan fingerprint density at radius 3 is 1.64 bits per heavy atom. The van der Waals surface area contributed by atoms with Gasteiger partial charge in [-0.3, -0.25) is 0 Å². The smallest absolute Gasteiger partial charge is 0.00649 e. The molecule has 0 unspecified atom stereocenters. The molecule has 0 N–H and O–H groups in total. The summed E-state index contributed by atoms with van der Waals surface area (Å²) in [5.41, 5.74) is 0. The highest BCUT2D eigenvalue weighted by molar-refractivity contribution is 9.09. The van der Waals surface area contributed by atoms with E-state index in [4.69, 9.17) is 0 Å². The van der Waals surface area contributed by atoms with Gasteiger partial charge in [0.15, 0.2) is 0 Å². The standard InChI is InChI=1S/C10H17Br/c11-7-10(8-3-1-4-8)9-5-2-6-9/h8-10H,1-7H2. The highest BCUT2D eigenvalue weighted by Crippen LogP contribution is 2.44. The molecule has 0 radical (unpaired) electrons. The SMILES string of the molecule is BrCC(C1CCC1)C1CCC1. The van der Waals surface area contributed by atoms with E-state index in [1.807, 2.05) is 0 Å². The van der Waals surface area contributed by atoms with E-state index in [2.05, 4.69) is 15.9 Å². The van der Waals surface area contributed by atoms with Crippen LogP contribution in [0.1, 0.15) is 38.5 Å². The summed E-state index contributed by atoms with van der Waals surface area (Å²) in [6.45, 7) is 0. The zero-order valence-electron chi connectivity index (χ0n) is 7.06. The van der Waals surface area contributed by atoms with Gasteiger partial charge in [0.1, 0.15) is 0 Å². The van der Waals surface area contributed by atoms with Crippen LogP contribution in [0.5, 0.6) is 0 Å². The Morgan fingerprint density at radius 1 is 1.00 bits per heavy atom. The molecular formula is C10H17Br. The zero-order chi connectivity index (χ0) is 7.68. The van der Waals surface area contributed by atoms with Crippen molar-refractivity contribution in [2.24, 2.45) is 17.8 Å². The summed E-state index contributed by atoms with van der Waals surface area (Å²) < 4.78 is 0. The molecule has 2 aliphatic rings. The van der Waals surface area contributed by atoms with Crippen LogP contribution >= 0.6 is 15.9 Å². The second-order valence-electron chi connectivity index (χ2n) is 4.20. The van der Waals surface area contributed by atoms with Crippen LogP contribution in [0.2, 0.25) is 0 Å². The summed E-state index contributed by atoms with van der Waals surface area (Å²) in [6.07, 6.45) is 9.08. The van der Waals surface area contributed by atoms with Gasteiger partial charge in [0.05, 0.1) is 0 Å². The molecule has 0 nitrogen and oxygen atoms in total. The third-order valence-electron chi connectivity index (χ3n) is 3.69. The highest BCUT2D eigenvalue weighted by atomic mass is 79.9. The number of halogens is 1. The fraction of sp³-hybridized carbons (Fsp3) is 1.00. The average Bonchev–Trinajstić information content (AvgIpc) is 1.78. The van der Waals surface area contributed by atoms with Crippen molar-refractivity contribution >= 4 is 15.9 Å². The molecule has 0 aromatic heterocycles. The van der Waals surface area contributed by atoms with Gasteiger partial charge in [-0.05, 0) is 17.8 Å². The van der Waals surface area contributed by atoms with E-state index in [9.17, 15) is 0 Å². The lowest BCUT2D eigenvalue weighted by Crippen LogP contribution is -2.33. The molecule has 0 aromatic carbocycles. The molecule has 0 amide bonds. The quantitative estimate of drug-likeness (QED) is 0.633. The van der Waals surface area contributed by atoms with Crippen LogP contribution in [0.25, 0.3) is 0 Å². The first-order valence-corrected chi connectivity index (χ1v) is 6.10. The maximum absolute atomic E-state index is 3.67. The van der Waals surface area contributed by atoms with Crippen LogP contribution in [0, 0.1) is 17.8 Å². The molecule has 1 heteroatoms. The Bertz CT molecular complexity index is 111. The fourth-order valence-corrected chi connectivity index (χ4v) is 3.43. The Morgan fingerprint density at radius 2 is 1.45 bits per heavy atom. The number of rotatable bonds is 3. The minimum atomic E-state index is 1.04. The largest absolute Gasteiger partial charge is 0.0925 e. The van der Waals surface area contributed by atoms with E-state index in [-0.39, 0.29) is 0 Å². The van der Waals surface area contributed by atoms with Crippen molar-refractivity contribution in [1.82, 2.24) is 0 Å². The summed E-state index contributed by atoms with van der Waals surface area (Å²) in [4.78, 5) is 0. The number of hydrogen-bond donors (Lipinski definition) is 0. The van der Waals surface area contributed by atoms with Gasteiger partial charge in [0, 0.05) is 5.33 Å². The Kier molecular flexibility index (Phi) is 2.55. The van der Waals surface area contributed by atoms with Crippen LogP contribution < -0.4 is 0 Å². The molecule has 0 atom stereocenters. The van der Waals surface area contributed by atoms with Crippen LogP contribution in [0.4, 0.5) is 0 Å². The predicted octanol–water partition coefficient (Wildman–Crippen LogP) is 3.60. The van der Waals surface area contributed by atoms with Crippen LogP contribution in [0.3, 0.4) is 0 Å². The molecule has 2 aliphatic carbocycles. The number of alkyl halides is 1. The second kappa shape index (κ2) is 3.47. The molecule has 0 bridgehead atoms. The third kappa shape index (κ3) is 1.49. The van der Waals surface area contributed by atoms with E-state index in [1.165, 1.54) is 43.9 Å². The number of hydrogen-bond acceptors (Lipinski definition) is 0. The van der Waals surface area contributed by atoms with Gasteiger partial charge < -0.3 is 0 Å². The second-order valence-corrected chi connectivity index (χ2v) is 4.85. The van der Waals surface area contributed by atoms with Crippen molar-refractivity contribution in [2.45, 2.75) is 38.5 Å². The minimum absolute atomic E-state index is 1.04. The van der Waals surface area contributed by atoms with Gasteiger partial charge in [-0.2, -0.15) is 0 Å². The van der Waals surface area contributed by atoms with Crippen LogP contribution in [-0.2, 0) is 0 Å². The lowest BCUT2D eigenvalue weighted by atomic mass is 9.65. The van der Waals surface area contributed by atoms with Gasteiger partial charge in [-0.15, -0.1) is 0 Å². The van der Waals surface area contributed by atoms with Gasteiger partial charge in [-0.1, -0.05) is 54.5 Å². The molecule has 2 rings (SSSR count). The third-order valence-corrected chi connectivity index (χ3v) is 4.44. The first kappa shape index (κ1) is 8.10. The van der Waals surface area contributed by atoms with E-state index in [1.54, 1.807) is 0 Å². The molecular weight excluding hydrogens is 200 g/mol. The fourth-order valence-electron chi connectivity index (χ4n) is 2.37. The first-order chi connectivity index (χ1) is 5.42.